The van der Waals surface area contributed by atoms with Gasteiger partial charge in [0.1, 0.15) is 5.75 Å². The summed E-state index contributed by atoms with van der Waals surface area (Å²) < 4.78 is 5.53. The lowest BCUT2D eigenvalue weighted by atomic mass is 10.3. The molecule has 0 atom stereocenters. The fourth-order valence-corrected chi connectivity index (χ4v) is 1.37. The zero-order valence-corrected chi connectivity index (χ0v) is 8.05. The third kappa shape index (κ3) is 2.28. The third-order valence-electron chi connectivity index (χ3n) is 2.13. The summed E-state index contributed by atoms with van der Waals surface area (Å²) in [6.07, 6.45) is 2.57. The molecular formula is C10H12ClNO. The molecule has 1 aromatic rings. The number of nitrogens with two attached hydrogens (primary N) is 1. The van der Waals surface area contributed by atoms with Gasteiger partial charge in [-0.1, -0.05) is 11.6 Å². The molecule has 70 valence electrons. The Morgan fingerprint density at radius 2 is 2.23 bits per heavy atom. The molecule has 2 rings (SSSR count). The van der Waals surface area contributed by atoms with Crippen molar-refractivity contribution in [2.45, 2.75) is 12.8 Å². The smallest absolute Gasteiger partial charge is 0.138 e. The van der Waals surface area contributed by atoms with Crippen LogP contribution in [-0.2, 0) is 0 Å². The Bertz CT molecular complexity index is 310. The van der Waals surface area contributed by atoms with Crippen molar-refractivity contribution in [2.75, 3.05) is 12.3 Å². The highest BCUT2D eigenvalue weighted by atomic mass is 35.5. The maximum absolute atomic E-state index is 5.93. The zero-order chi connectivity index (χ0) is 9.26. The van der Waals surface area contributed by atoms with E-state index in [1.165, 1.54) is 12.8 Å². The van der Waals surface area contributed by atoms with E-state index in [1.807, 2.05) is 6.07 Å². The summed E-state index contributed by atoms with van der Waals surface area (Å²) in [5.74, 6) is 1.48. The Labute approximate surface area is 82.6 Å². The Balaban J connectivity index is 2.01. The van der Waals surface area contributed by atoms with Crippen molar-refractivity contribution in [3.05, 3.63) is 23.2 Å². The summed E-state index contributed by atoms with van der Waals surface area (Å²) in [5.41, 5.74) is 6.23. The van der Waals surface area contributed by atoms with Crippen molar-refractivity contribution in [1.29, 1.82) is 0 Å². The van der Waals surface area contributed by atoms with Crippen LogP contribution in [0.4, 0.5) is 5.69 Å². The van der Waals surface area contributed by atoms with Crippen LogP contribution >= 0.6 is 11.6 Å². The lowest BCUT2D eigenvalue weighted by Gasteiger charge is -2.07. The highest BCUT2D eigenvalue weighted by Crippen LogP contribution is 2.32. The minimum atomic E-state index is 0.598. The molecule has 0 aromatic heterocycles. The molecule has 0 bridgehead atoms. The van der Waals surface area contributed by atoms with Gasteiger partial charge in [0.25, 0.3) is 0 Å². The molecule has 0 saturated heterocycles. The Morgan fingerprint density at radius 3 is 2.85 bits per heavy atom. The topological polar surface area (TPSA) is 35.2 Å². The van der Waals surface area contributed by atoms with Gasteiger partial charge in [-0.05, 0) is 37.0 Å². The van der Waals surface area contributed by atoms with Crippen molar-refractivity contribution >= 4 is 17.3 Å². The van der Waals surface area contributed by atoms with Crippen molar-refractivity contribution in [3.8, 4) is 5.75 Å². The van der Waals surface area contributed by atoms with Gasteiger partial charge in [-0.3, -0.25) is 0 Å². The predicted octanol–water partition coefficient (Wildman–Crippen LogP) is 2.71. The van der Waals surface area contributed by atoms with Crippen LogP contribution in [0.25, 0.3) is 0 Å². The van der Waals surface area contributed by atoms with Crippen molar-refractivity contribution in [1.82, 2.24) is 0 Å². The monoisotopic (exact) mass is 197 g/mol. The highest BCUT2D eigenvalue weighted by molar-refractivity contribution is 6.32. The number of benzene rings is 1. The van der Waals surface area contributed by atoms with Gasteiger partial charge in [0.2, 0.25) is 0 Å². The van der Waals surface area contributed by atoms with Crippen LogP contribution in [0.5, 0.6) is 5.75 Å². The average Bonchev–Trinajstić information content (AvgIpc) is 2.86. The van der Waals surface area contributed by atoms with Crippen LogP contribution in [0.2, 0.25) is 5.02 Å². The number of anilines is 1. The molecule has 1 aliphatic rings. The van der Waals surface area contributed by atoms with E-state index in [0.717, 1.165) is 18.3 Å². The second-order valence-corrected chi connectivity index (χ2v) is 3.85. The molecule has 1 aromatic carbocycles. The van der Waals surface area contributed by atoms with Crippen LogP contribution in [0.1, 0.15) is 12.8 Å². The van der Waals surface area contributed by atoms with Gasteiger partial charge in [0, 0.05) is 5.69 Å². The van der Waals surface area contributed by atoms with E-state index >= 15 is 0 Å². The molecule has 3 heteroatoms. The molecule has 2 N–H and O–H groups in total. The number of nitrogen functional groups attached to an aromatic ring is 1. The summed E-state index contributed by atoms with van der Waals surface area (Å²) in [6.45, 7) is 0.781. The Morgan fingerprint density at radius 1 is 1.46 bits per heavy atom. The second kappa shape index (κ2) is 3.46. The predicted molar refractivity (Wildman–Crippen MR) is 54.1 cm³/mol. The number of ether oxygens (including phenoxy) is 1. The van der Waals surface area contributed by atoms with Gasteiger partial charge >= 0.3 is 0 Å². The standard InChI is InChI=1S/C10H12ClNO/c11-9-5-8(12)3-4-10(9)13-6-7-1-2-7/h3-5,7H,1-2,6,12H2. The molecule has 1 saturated carbocycles. The van der Waals surface area contributed by atoms with Crippen LogP contribution in [0.3, 0.4) is 0 Å². The van der Waals surface area contributed by atoms with Gasteiger partial charge in [-0.25, -0.2) is 0 Å². The summed E-state index contributed by atoms with van der Waals surface area (Å²) in [5, 5.41) is 0.598. The van der Waals surface area contributed by atoms with Gasteiger partial charge in [-0.2, -0.15) is 0 Å². The van der Waals surface area contributed by atoms with Gasteiger partial charge in [-0.15, -0.1) is 0 Å². The van der Waals surface area contributed by atoms with E-state index in [1.54, 1.807) is 12.1 Å². The van der Waals surface area contributed by atoms with Gasteiger partial charge in [0.05, 0.1) is 11.6 Å². The molecule has 0 amide bonds. The van der Waals surface area contributed by atoms with Crippen molar-refractivity contribution < 1.29 is 4.74 Å². The summed E-state index contributed by atoms with van der Waals surface area (Å²) in [7, 11) is 0. The molecule has 1 fully saturated rings. The lowest BCUT2D eigenvalue weighted by Crippen LogP contribution is -1.99. The van der Waals surface area contributed by atoms with Crippen molar-refractivity contribution in [2.24, 2.45) is 5.92 Å². The van der Waals surface area contributed by atoms with E-state index < -0.39 is 0 Å². The highest BCUT2D eigenvalue weighted by Gasteiger charge is 2.22. The normalized spacial score (nSPS) is 15.8. The summed E-state index contributed by atoms with van der Waals surface area (Å²) in [6, 6.07) is 5.33. The van der Waals surface area contributed by atoms with Gasteiger partial charge in [0.15, 0.2) is 0 Å². The zero-order valence-electron chi connectivity index (χ0n) is 7.29. The number of hydrogen-bond donors (Lipinski definition) is 1. The van der Waals surface area contributed by atoms with E-state index in [9.17, 15) is 0 Å². The number of hydrogen-bond acceptors (Lipinski definition) is 2. The first-order valence-corrected chi connectivity index (χ1v) is 4.81. The molecule has 0 unspecified atom stereocenters. The van der Waals surface area contributed by atoms with Gasteiger partial charge < -0.3 is 10.5 Å². The lowest BCUT2D eigenvalue weighted by molar-refractivity contribution is 0.300. The quantitative estimate of drug-likeness (QED) is 0.757. The SMILES string of the molecule is Nc1ccc(OCC2CC2)c(Cl)c1. The summed E-state index contributed by atoms with van der Waals surface area (Å²) in [4.78, 5) is 0. The second-order valence-electron chi connectivity index (χ2n) is 3.44. The first-order valence-electron chi connectivity index (χ1n) is 4.43. The van der Waals surface area contributed by atoms with E-state index in [2.05, 4.69) is 0 Å². The maximum atomic E-state index is 5.93. The van der Waals surface area contributed by atoms with Crippen LogP contribution in [0.15, 0.2) is 18.2 Å². The Hall–Kier alpha value is -0.890. The molecule has 0 heterocycles. The minimum Gasteiger partial charge on any atom is -0.492 e. The molecule has 0 aliphatic heterocycles. The van der Waals surface area contributed by atoms with E-state index in [4.69, 9.17) is 22.1 Å². The van der Waals surface area contributed by atoms with Crippen LogP contribution in [0, 0.1) is 5.92 Å². The molecular weight excluding hydrogens is 186 g/mol. The first-order chi connectivity index (χ1) is 6.25. The average molecular weight is 198 g/mol. The Kier molecular flexibility index (Phi) is 2.32. The molecule has 13 heavy (non-hydrogen) atoms. The first kappa shape index (κ1) is 8.70. The molecule has 0 radical (unpaired) electrons. The number of rotatable bonds is 3. The fourth-order valence-electron chi connectivity index (χ4n) is 1.13. The maximum Gasteiger partial charge on any atom is 0.138 e. The third-order valence-corrected chi connectivity index (χ3v) is 2.42. The number of halogens is 1. The van der Waals surface area contributed by atoms with Crippen molar-refractivity contribution in [3.63, 3.8) is 0 Å². The minimum absolute atomic E-state index is 0.598. The molecule has 2 nitrogen and oxygen atoms in total. The molecule has 0 spiro atoms. The summed E-state index contributed by atoms with van der Waals surface area (Å²) >= 11 is 5.93. The van der Waals surface area contributed by atoms with Crippen LogP contribution < -0.4 is 10.5 Å². The molecule has 1 aliphatic carbocycles. The largest absolute Gasteiger partial charge is 0.492 e. The van der Waals surface area contributed by atoms with Crippen LogP contribution in [-0.4, -0.2) is 6.61 Å². The van der Waals surface area contributed by atoms with E-state index in [0.29, 0.717) is 10.7 Å². The fraction of sp³-hybridized carbons (Fsp3) is 0.400. The van der Waals surface area contributed by atoms with E-state index in [-0.39, 0.29) is 0 Å².